The SMILES string of the molecule is CCOc1cccc(C(N)c2ccc(Cl)cc2F)c1. The van der Waals surface area contributed by atoms with E-state index in [1.807, 2.05) is 31.2 Å². The summed E-state index contributed by atoms with van der Waals surface area (Å²) in [5, 5.41) is 0.358. The standard InChI is InChI=1S/C15H15ClFNO/c1-2-19-12-5-3-4-10(8-12)15(18)13-7-6-11(16)9-14(13)17/h3-9,15H,2,18H2,1H3. The fourth-order valence-electron chi connectivity index (χ4n) is 1.90. The summed E-state index contributed by atoms with van der Waals surface area (Å²) in [7, 11) is 0. The summed E-state index contributed by atoms with van der Waals surface area (Å²) in [6, 6.07) is 11.3. The van der Waals surface area contributed by atoms with E-state index in [4.69, 9.17) is 22.1 Å². The summed E-state index contributed by atoms with van der Waals surface area (Å²) in [6.07, 6.45) is 0. The quantitative estimate of drug-likeness (QED) is 0.920. The van der Waals surface area contributed by atoms with E-state index in [-0.39, 0.29) is 0 Å². The Morgan fingerprint density at radius 3 is 2.74 bits per heavy atom. The Bertz CT molecular complexity index is 574. The van der Waals surface area contributed by atoms with Gasteiger partial charge in [-0.05, 0) is 36.8 Å². The van der Waals surface area contributed by atoms with Crippen LogP contribution in [0.15, 0.2) is 42.5 Å². The molecule has 100 valence electrons. The third kappa shape index (κ3) is 3.25. The predicted octanol–water partition coefficient (Wildman–Crippen LogP) is 3.93. The highest BCUT2D eigenvalue weighted by molar-refractivity contribution is 6.30. The minimum atomic E-state index is -0.544. The average molecular weight is 280 g/mol. The summed E-state index contributed by atoms with van der Waals surface area (Å²) in [4.78, 5) is 0. The van der Waals surface area contributed by atoms with Gasteiger partial charge in [0.25, 0.3) is 0 Å². The summed E-state index contributed by atoms with van der Waals surface area (Å²) < 4.78 is 19.3. The summed E-state index contributed by atoms with van der Waals surface area (Å²) in [5.41, 5.74) is 7.31. The van der Waals surface area contributed by atoms with Crippen LogP contribution in [0.5, 0.6) is 5.75 Å². The number of rotatable bonds is 4. The van der Waals surface area contributed by atoms with Gasteiger partial charge in [-0.15, -0.1) is 0 Å². The van der Waals surface area contributed by atoms with E-state index in [0.717, 1.165) is 11.3 Å². The normalized spacial score (nSPS) is 12.2. The minimum absolute atomic E-state index is 0.358. The van der Waals surface area contributed by atoms with Crippen molar-refractivity contribution in [2.75, 3.05) is 6.61 Å². The van der Waals surface area contributed by atoms with Crippen LogP contribution in [0.4, 0.5) is 4.39 Å². The van der Waals surface area contributed by atoms with Crippen molar-refractivity contribution in [3.63, 3.8) is 0 Å². The second-order valence-electron chi connectivity index (χ2n) is 4.15. The molecule has 1 atom stereocenters. The molecule has 2 aromatic carbocycles. The van der Waals surface area contributed by atoms with Crippen molar-refractivity contribution in [3.8, 4) is 5.75 Å². The van der Waals surface area contributed by atoms with Crippen LogP contribution in [-0.4, -0.2) is 6.61 Å². The van der Waals surface area contributed by atoms with Crippen LogP contribution in [0, 0.1) is 5.82 Å². The first-order valence-corrected chi connectivity index (χ1v) is 6.43. The smallest absolute Gasteiger partial charge is 0.129 e. The highest BCUT2D eigenvalue weighted by Gasteiger charge is 2.14. The van der Waals surface area contributed by atoms with Gasteiger partial charge in [-0.25, -0.2) is 4.39 Å². The Balaban J connectivity index is 2.32. The monoisotopic (exact) mass is 279 g/mol. The van der Waals surface area contributed by atoms with Crippen LogP contribution in [0.25, 0.3) is 0 Å². The molecule has 2 N–H and O–H groups in total. The van der Waals surface area contributed by atoms with Gasteiger partial charge in [0.15, 0.2) is 0 Å². The molecule has 2 aromatic rings. The van der Waals surface area contributed by atoms with Gasteiger partial charge in [-0.2, -0.15) is 0 Å². The molecule has 0 spiro atoms. The molecule has 0 aliphatic rings. The molecule has 0 aliphatic heterocycles. The van der Waals surface area contributed by atoms with E-state index < -0.39 is 11.9 Å². The lowest BCUT2D eigenvalue weighted by atomic mass is 9.99. The molecule has 0 bridgehead atoms. The van der Waals surface area contributed by atoms with Crippen molar-refractivity contribution in [2.45, 2.75) is 13.0 Å². The van der Waals surface area contributed by atoms with Crippen molar-refractivity contribution in [1.29, 1.82) is 0 Å². The number of benzene rings is 2. The molecule has 2 nitrogen and oxygen atoms in total. The minimum Gasteiger partial charge on any atom is -0.494 e. The molecule has 1 unspecified atom stereocenters. The molecule has 0 saturated heterocycles. The summed E-state index contributed by atoms with van der Waals surface area (Å²) >= 11 is 5.73. The van der Waals surface area contributed by atoms with Crippen LogP contribution < -0.4 is 10.5 Å². The number of halogens is 2. The molecule has 0 amide bonds. The third-order valence-corrected chi connectivity index (χ3v) is 3.06. The Morgan fingerprint density at radius 2 is 2.05 bits per heavy atom. The zero-order chi connectivity index (χ0) is 13.8. The molecule has 19 heavy (non-hydrogen) atoms. The van der Waals surface area contributed by atoms with Gasteiger partial charge < -0.3 is 10.5 Å². The van der Waals surface area contributed by atoms with E-state index in [1.165, 1.54) is 6.07 Å². The molecule has 4 heteroatoms. The van der Waals surface area contributed by atoms with Gasteiger partial charge in [0, 0.05) is 10.6 Å². The van der Waals surface area contributed by atoms with Crippen molar-refractivity contribution in [2.24, 2.45) is 5.73 Å². The Kier molecular flexibility index (Phi) is 4.40. The van der Waals surface area contributed by atoms with Crippen LogP contribution in [-0.2, 0) is 0 Å². The zero-order valence-corrected chi connectivity index (χ0v) is 11.3. The van der Waals surface area contributed by atoms with Crippen molar-refractivity contribution in [1.82, 2.24) is 0 Å². The van der Waals surface area contributed by atoms with Crippen LogP contribution in [0.2, 0.25) is 5.02 Å². The lowest BCUT2D eigenvalue weighted by Crippen LogP contribution is -2.13. The number of hydrogen-bond donors (Lipinski definition) is 1. The molecule has 0 saturated carbocycles. The molecular weight excluding hydrogens is 265 g/mol. The van der Waals surface area contributed by atoms with Gasteiger partial charge in [0.1, 0.15) is 11.6 Å². The van der Waals surface area contributed by atoms with Gasteiger partial charge in [-0.3, -0.25) is 0 Å². The zero-order valence-electron chi connectivity index (χ0n) is 10.6. The molecule has 0 aromatic heterocycles. The maximum absolute atomic E-state index is 13.8. The maximum Gasteiger partial charge on any atom is 0.129 e. The fraction of sp³-hybridized carbons (Fsp3) is 0.200. The van der Waals surface area contributed by atoms with E-state index in [0.29, 0.717) is 17.2 Å². The van der Waals surface area contributed by atoms with E-state index in [9.17, 15) is 4.39 Å². The Hall–Kier alpha value is -1.58. The predicted molar refractivity (Wildman–Crippen MR) is 75.1 cm³/mol. The fourth-order valence-corrected chi connectivity index (χ4v) is 2.06. The van der Waals surface area contributed by atoms with Crippen LogP contribution in [0.3, 0.4) is 0 Å². The first-order valence-electron chi connectivity index (χ1n) is 6.05. The van der Waals surface area contributed by atoms with E-state index >= 15 is 0 Å². The number of hydrogen-bond acceptors (Lipinski definition) is 2. The molecule has 0 radical (unpaired) electrons. The number of ether oxygens (including phenoxy) is 1. The largest absolute Gasteiger partial charge is 0.494 e. The molecular formula is C15H15ClFNO. The van der Waals surface area contributed by atoms with Gasteiger partial charge in [-0.1, -0.05) is 29.8 Å². The van der Waals surface area contributed by atoms with Crippen molar-refractivity contribution < 1.29 is 9.13 Å². The molecule has 0 aliphatic carbocycles. The molecule has 2 rings (SSSR count). The van der Waals surface area contributed by atoms with E-state index in [1.54, 1.807) is 12.1 Å². The highest BCUT2D eigenvalue weighted by Crippen LogP contribution is 2.26. The van der Waals surface area contributed by atoms with Crippen molar-refractivity contribution >= 4 is 11.6 Å². The summed E-state index contributed by atoms with van der Waals surface area (Å²) in [5.74, 6) is 0.326. The summed E-state index contributed by atoms with van der Waals surface area (Å²) in [6.45, 7) is 2.49. The average Bonchev–Trinajstić information content (AvgIpc) is 2.39. The van der Waals surface area contributed by atoms with Crippen LogP contribution >= 0.6 is 11.6 Å². The second-order valence-corrected chi connectivity index (χ2v) is 4.59. The first kappa shape index (κ1) is 13.8. The van der Waals surface area contributed by atoms with Gasteiger partial charge in [0.2, 0.25) is 0 Å². The molecule has 0 fully saturated rings. The lowest BCUT2D eigenvalue weighted by molar-refractivity contribution is 0.340. The Morgan fingerprint density at radius 1 is 1.26 bits per heavy atom. The van der Waals surface area contributed by atoms with Gasteiger partial charge in [0.05, 0.1) is 12.6 Å². The first-order chi connectivity index (χ1) is 9.11. The van der Waals surface area contributed by atoms with Crippen molar-refractivity contribution in [3.05, 3.63) is 64.4 Å². The topological polar surface area (TPSA) is 35.2 Å². The third-order valence-electron chi connectivity index (χ3n) is 2.83. The second kappa shape index (κ2) is 6.04. The van der Waals surface area contributed by atoms with Crippen LogP contribution in [0.1, 0.15) is 24.1 Å². The van der Waals surface area contributed by atoms with Gasteiger partial charge >= 0.3 is 0 Å². The highest BCUT2D eigenvalue weighted by atomic mass is 35.5. The lowest BCUT2D eigenvalue weighted by Gasteiger charge is -2.15. The maximum atomic E-state index is 13.8. The molecule has 0 heterocycles. The number of nitrogens with two attached hydrogens (primary N) is 1. The Labute approximate surface area is 117 Å². The van der Waals surface area contributed by atoms with E-state index in [2.05, 4.69) is 0 Å².